The molecule has 3 aromatic carbocycles. The fraction of sp³-hybridized carbons (Fsp3) is 0.0476. The van der Waals surface area contributed by atoms with Crippen LogP contribution in [0.1, 0.15) is 21.5 Å². The smallest absolute Gasteiger partial charge is 0.271 e. The topological polar surface area (TPSA) is 93.8 Å². The van der Waals surface area contributed by atoms with E-state index in [1.165, 1.54) is 18.3 Å². The number of carbonyl (C=O) groups is 1. The van der Waals surface area contributed by atoms with Crippen molar-refractivity contribution in [1.82, 2.24) is 5.43 Å². The summed E-state index contributed by atoms with van der Waals surface area (Å²) in [6.07, 6.45) is 1.34. The molecule has 0 saturated heterocycles. The number of nitro groups is 1. The van der Waals surface area contributed by atoms with Gasteiger partial charge in [0.05, 0.1) is 11.1 Å². The van der Waals surface area contributed by atoms with Crippen molar-refractivity contribution in [2.24, 2.45) is 5.10 Å². The predicted octanol–water partition coefficient (Wildman–Crippen LogP) is 4.59. The maximum absolute atomic E-state index is 12.1. The number of hydrazone groups is 1. The van der Waals surface area contributed by atoms with Crippen LogP contribution in [0.5, 0.6) is 5.75 Å². The lowest BCUT2D eigenvalue weighted by Gasteiger charge is -2.07. The van der Waals surface area contributed by atoms with E-state index in [1.807, 2.05) is 12.1 Å². The highest BCUT2D eigenvalue weighted by atomic mass is 35.5. The summed E-state index contributed by atoms with van der Waals surface area (Å²) in [5.74, 6) is 0.215. The van der Waals surface area contributed by atoms with Crippen LogP contribution in [0.25, 0.3) is 0 Å². The number of benzene rings is 3. The predicted molar refractivity (Wildman–Crippen MR) is 110 cm³/mol. The van der Waals surface area contributed by atoms with Gasteiger partial charge in [-0.3, -0.25) is 14.9 Å². The average molecular weight is 410 g/mol. The van der Waals surface area contributed by atoms with E-state index in [2.05, 4.69) is 10.5 Å². The molecule has 0 aromatic heterocycles. The summed E-state index contributed by atoms with van der Waals surface area (Å²) in [5, 5.41) is 15.3. The molecule has 0 atom stereocenters. The van der Waals surface area contributed by atoms with Gasteiger partial charge in [0, 0.05) is 28.3 Å². The number of nitrogens with one attached hydrogen (secondary N) is 1. The van der Waals surface area contributed by atoms with Gasteiger partial charge in [0.2, 0.25) is 0 Å². The highest BCUT2D eigenvalue weighted by Crippen LogP contribution is 2.16. The number of nitrogens with zero attached hydrogens (tertiary/aromatic N) is 2. The lowest BCUT2D eigenvalue weighted by molar-refractivity contribution is -0.384. The molecule has 8 heteroatoms. The van der Waals surface area contributed by atoms with Gasteiger partial charge in [-0.1, -0.05) is 35.9 Å². The summed E-state index contributed by atoms with van der Waals surface area (Å²) in [7, 11) is 0. The third-order valence-corrected chi connectivity index (χ3v) is 4.15. The van der Waals surface area contributed by atoms with Gasteiger partial charge in [0.1, 0.15) is 12.4 Å². The first kappa shape index (κ1) is 20.0. The Hall–Kier alpha value is -3.71. The van der Waals surface area contributed by atoms with Crippen LogP contribution in [0.3, 0.4) is 0 Å². The minimum Gasteiger partial charge on any atom is -0.489 e. The zero-order chi connectivity index (χ0) is 20.6. The van der Waals surface area contributed by atoms with E-state index in [9.17, 15) is 14.9 Å². The molecule has 3 rings (SSSR count). The highest BCUT2D eigenvalue weighted by molar-refractivity contribution is 6.30. The number of carbonyl (C=O) groups excluding carboxylic acids is 1. The molecule has 0 unspecified atom stereocenters. The molecule has 0 saturated carbocycles. The number of ether oxygens (including phenoxy) is 1. The third-order valence-electron chi connectivity index (χ3n) is 3.90. The van der Waals surface area contributed by atoms with Crippen LogP contribution in [0, 0.1) is 10.1 Å². The second-order valence-corrected chi connectivity index (χ2v) is 6.43. The van der Waals surface area contributed by atoms with E-state index in [4.69, 9.17) is 16.3 Å². The molecule has 0 bridgehead atoms. The summed E-state index contributed by atoms with van der Waals surface area (Å²) in [5.41, 5.74) is 4.23. The van der Waals surface area contributed by atoms with Gasteiger partial charge >= 0.3 is 0 Å². The summed E-state index contributed by atoms with van der Waals surface area (Å²) in [4.78, 5) is 22.4. The molecule has 0 heterocycles. The standard InChI is InChI=1S/C21H16ClN3O4/c22-18-8-4-15(5-9-18)14-29-20-10-6-17(7-11-20)21(26)24-23-13-16-2-1-3-19(12-16)25(27)28/h1-13H,14H2,(H,24,26)/b23-13-. The van der Waals surface area contributed by atoms with E-state index in [0.717, 1.165) is 5.56 Å². The van der Waals surface area contributed by atoms with Crippen LogP contribution >= 0.6 is 11.6 Å². The fourth-order valence-corrected chi connectivity index (χ4v) is 2.52. The molecule has 29 heavy (non-hydrogen) atoms. The van der Waals surface area contributed by atoms with Crippen LogP contribution in [-0.4, -0.2) is 17.0 Å². The molecule has 1 amide bonds. The number of rotatable bonds is 7. The van der Waals surface area contributed by atoms with Crippen molar-refractivity contribution >= 4 is 29.4 Å². The van der Waals surface area contributed by atoms with Crippen LogP contribution in [0.4, 0.5) is 5.69 Å². The highest BCUT2D eigenvalue weighted by Gasteiger charge is 2.06. The molecule has 146 valence electrons. The number of halogens is 1. The van der Waals surface area contributed by atoms with Crippen LogP contribution in [0.15, 0.2) is 77.9 Å². The van der Waals surface area contributed by atoms with Crippen molar-refractivity contribution in [3.8, 4) is 5.75 Å². The largest absolute Gasteiger partial charge is 0.489 e. The molecule has 0 aliphatic carbocycles. The molecule has 3 aromatic rings. The molecule has 0 aliphatic rings. The van der Waals surface area contributed by atoms with Gasteiger partial charge in [-0.05, 0) is 42.0 Å². The van der Waals surface area contributed by atoms with Crippen LogP contribution < -0.4 is 10.2 Å². The molecule has 1 N–H and O–H groups in total. The van der Waals surface area contributed by atoms with E-state index in [0.29, 0.717) is 28.5 Å². The Kier molecular flexibility index (Phi) is 6.55. The van der Waals surface area contributed by atoms with E-state index in [1.54, 1.807) is 48.5 Å². The number of nitro benzene ring substituents is 1. The van der Waals surface area contributed by atoms with E-state index < -0.39 is 10.8 Å². The first-order chi connectivity index (χ1) is 14.0. The Morgan fingerprint density at radius 3 is 2.52 bits per heavy atom. The summed E-state index contributed by atoms with van der Waals surface area (Å²) in [6.45, 7) is 0.385. The molecule has 0 fully saturated rings. The van der Waals surface area contributed by atoms with Crippen LogP contribution in [-0.2, 0) is 6.61 Å². The maximum Gasteiger partial charge on any atom is 0.271 e. The summed E-state index contributed by atoms with van der Waals surface area (Å²) in [6, 6.07) is 19.9. The van der Waals surface area contributed by atoms with Crippen molar-refractivity contribution in [3.05, 3.63) is 105 Å². The van der Waals surface area contributed by atoms with Crippen molar-refractivity contribution < 1.29 is 14.5 Å². The monoisotopic (exact) mass is 409 g/mol. The molecular weight excluding hydrogens is 394 g/mol. The SMILES string of the molecule is O=C(N/N=C\c1cccc([N+](=O)[O-])c1)c1ccc(OCc2ccc(Cl)cc2)cc1. The normalized spacial score (nSPS) is 10.7. The lowest BCUT2D eigenvalue weighted by Crippen LogP contribution is -2.17. The Labute approximate surface area is 171 Å². The number of non-ortho nitro benzene ring substituents is 1. The molecule has 7 nitrogen and oxygen atoms in total. The van der Waals surface area contributed by atoms with Gasteiger partial charge in [0.25, 0.3) is 11.6 Å². The van der Waals surface area contributed by atoms with Gasteiger partial charge in [-0.2, -0.15) is 5.10 Å². The summed E-state index contributed by atoms with van der Waals surface area (Å²) < 4.78 is 5.68. The number of hydrogen-bond donors (Lipinski definition) is 1. The molecule has 0 aliphatic heterocycles. The summed E-state index contributed by atoms with van der Waals surface area (Å²) >= 11 is 5.85. The van der Waals surface area contributed by atoms with E-state index in [-0.39, 0.29) is 5.69 Å². The minimum atomic E-state index is -0.494. The lowest BCUT2D eigenvalue weighted by atomic mass is 10.2. The quantitative estimate of drug-likeness (QED) is 0.351. The van der Waals surface area contributed by atoms with Crippen molar-refractivity contribution in [3.63, 3.8) is 0 Å². The zero-order valence-electron chi connectivity index (χ0n) is 15.1. The van der Waals surface area contributed by atoms with Crippen molar-refractivity contribution in [2.45, 2.75) is 6.61 Å². The first-order valence-corrected chi connectivity index (χ1v) is 8.94. The molecule has 0 spiro atoms. The number of hydrogen-bond acceptors (Lipinski definition) is 5. The third kappa shape index (κ3) is 5.88. The fourth-order valence-electron chi connectivity index (χ4n) is 2.40. The van der Waals surface area contributed by atoms with Gasteiger partial charge in [-0.25, -0.2) is 5.43 Å². The van der Waals surface area contributed by atoms with Gasteiger partial charge in [0.15, 0.2) is 0 Å². The maximum atomic E-state index is 12.1. The van der Waals surface area contributed by atoms with Crippen molar-refractivity contribution in [1.29, 1.82) is 0 Å². The van der Waals surface area contributed by atoms with Gasteiger partial charge in [-0.15, -0.1) is 0 Å². The Morgan fingerprint density at radius 1 is 1.10 bits per heavy atom. The van der Waals surface area contributed by atoms with Crippen molar-refractivity contribution in [2.75, 3.05) is 0 Å². The zero-order valence-corrected chi connectivity index (χ0v) is 15.9. The Balaban J connectivity index is 1.54. The minimum absolute atomic E-state index is 0.0468. The Bertz CT molecular complexity index is 1030. The second-order valence-electron chi connectivity index (χ2n) is 5.99. The number of amides is 1. The van der Waals surface area contributed by atoms with E-state index >= 15 is 0 Å². The second kappa shape index (κ2) is 9.48. The molecular formula is C21H16ClN3O4. The first-order valence-electron chi connectivity index (χ1n) is 8.56. The van der Waals surface area contributed by atoms with Gasteiger partial charge < -0.3 is 4.74 Å². The molecule has 0 radical (unpaired) electrons. The average Bonchev–Trinajstić information content (AvgIpc) is 2.74. The Morgan fingerprint density at radius 2 is 1.83 bits per heavy atom. The van der Waals surface area contributed by atoms with Crippen LogP contribution in [0.2, 0.25) is 5.02 Å².